The Bertz CT molecular complexity index is 795. The summed E-state index contributed by atoms with van der Waals surface area (Å²) in [5.41, 5.74) is 3.91. The molecule has 0 spiro atoms. The molecule has 2 aromatic carbocycles. The average molecular weight is 432 g/mol. The zero-order valence-corrected chi connectivity index (χ0v) is 18.3. The minimum atomic E-state index is 0.670. The Morgan fingerprint density at radius 1 is 0.741 bits per heavy atom. The Balaban J connectivity index is 1.38. The number of hydrogen-bond donors (Lipinski definition) is 0. The molecule has 0 bridgehead atoms. The van der Waals surface area contributed by atoms with Crippen LogP contribution in [0.1, 0.15) is 16.7 Å². The van der Waals surface area contributed by atoms with E-state index in [1.807, 2.05) is 56.8 Å². The highest BCUT2D eigenvalue weighted by atomic mass is 33.1. The van der Waals surface area contributed by atoms with Gasteiger partial charge in [-0.15, -0.1) is 0 Å². The van der Waals surface area contributed by atoms with Gasteiger partial charge in [-0.25, -0.2) is 4.98 Å². The number of nitrogens with zero attached hydrogens (tertiary/aromatic N) is 1. The Hall–Kier alpha value is -1.05. The summed E-state index contributed by atoms with van der Waals surface area (Å²) in [4.78, 5) is 5.60. The Labute approximate surface area is 177 Å². The van der Waals surface area contributed by atoms with Crippen molar-refractivity contribution in [1.29, 1.82) is 0 Å². The third-order valence-corrected chi connectivity index (χ3v) is 8.16. The fourth-order valence-electron chi connectivity index (χ4n) is 2.26. The summed E-state index contributed by atoms with van der Waals surface area (Å²) in [5, 5.41) is 1.06. The minimum absolute atomic E-state index is 0.670. The Morgan fingerprint density at radius 2 is 1.37 bits per heavy atom. The molecule has 27 heavy (non-hydrogen) atoms. The zero-order chi connectivity index (χ0) is 18.7. The molecule has 0 aliphatic heterocycles. The maximum absolute atomic E-state index is 5.15. The van der Waals surface area contributed by atoms with E-state index in [4.69, 9.17) is 4.74 Å². The van der Waals surface area contributed by atoms with Gasteiger partial charge in [0.1, 0.15) is 5.03 Å². The molecule has 0 amide bonds. The molecule has 0 aliphatic carbocycles. The fourth-order valence-corrected chi connectivity index (χ4v) is 6.35. The van der Waals surface area contributed by atoms with E-state index in [-0.39, 0.29) is 0 Å². The van der Waals surface area contributed by atoms with Gasteiger partial charge in [0.05, 0.1) is 6.61 Å². The van der Waals surface area contributed by atoms with Crippen LogP contribution in [0.2, 0.25) is 0 Å². The summed E-state index contributed by atoms with van der Waals surface area (Å²) in [7, 11) is 8.96. The van der Waals surface area contributed by atoms with Crippen molar-refractivity contribution in [2.24, 2.45) is 0 Å². The van der Waals surface area contributed by atoms with Crippen LogP contribution in [0.5, 0.6) is 0 Å². The number of hydrogen-bond acceptors (Lipinski definition) is 6. The molecule has 0 unspecified atom stereocenters. The lowest BCUT2D eigenvalue weighted by Gasteiger charge is -2.05. The van der Waals surface area contributed by atoms with Gasteiger partial charge in [-0.1, -0.05) is 74.8 Å². The maximum atomic E-state index is 5.15. The van der Waals surface area contributed by atoms with Crippen molar-refractivity contribution in [3.05, 3.63) is 89.6 Å². The van der Waals surface area contributed by atoms with E-state index >= 15 is 0 Å². The number of benzene rings is 2. The van der Waals surface area contributed by atoms with Crippen LogP contribution in [-0.2, 0) is 22.8 Å². The predicted molar refractivity (Wildman–Crippen MR) is 122 cm³/mol. The van der Waals surface area contributed by atoms with Crippen molar-refractivity contribution >= 4 is 43.2 Å². The lowest BCUT2D eigenvalue weighted by molar-refractivity contribution is 0.185. The smallest absolute Gasteiger partial charge is 0.106 e. The van der Waals surface area contributed by atoms with E-state index in [1.165, 1.54) is 21.6 Å². The number of pyridine rings is 1. The van der Waals surface area contributed by atoms with E-state index in [0.29, 0.717) is 6.61 Å². The largest absolute Gasteiger partial charge is 0.380 e. The molecular formula is C21H21NOS4. The second kappa shape index (κ2) is 11.7. The van der Waals surface area contributed by atoms with E-state index in [2.05, 4.69) is 53.5 Å². The van der Waals surface area contributed by atoms with Crippen LogP contribution in [0.25, 0.3) is 0 Å². The van der Waals surface area contributed by atoms with E-state index in [1.54, 1.807) is 17.9 Å². The van der Waals surface area contributed by atoms with Crippen LogP contribution in [0.3, 0.4) is 0 Å². The maximum Gasteiger partial charge on any atom is 0.106 e. The molecule has 1 heterocycles. The molecule has 2 nitrogen and oxygen atoms in total. The second-order valence-corrected chi connectivity index (χ2v) is 10.4. The topological polar surface area (TPSA) is 22.1 Å². The van der Waals surface area contributed by atoms with Gasteiger partial charge in [-0.2, -0.15) is 0 Å². The Morgan fingerprint density at radius 3 is 1.96 bits per heavy atom. The first kappa shape index (κ1) is 20.7. The normalized spacial score (nSPS) is 10.9. The van der Waals surface area contributed by atoms with Gasteiger partial charge in [-0.3, -0.25) is 0 Å². The minimum Gasteiger partial charge on any atom is -0.380 e. The molecule has 1 aromatic heterocycles. The molecule has 140 valence electrons. The van der Waals surface area contributed by atoms with Gasteiger partial charge in [0.25, 0.3) is 0 Å². The van der Waals surface area contributed by atoms with Crippen LogP contribution in [0, 0.1) is 0 Å². The molecule has 0 aliphatic rings. The quantitative estimate of drug-likeness (QED) is 0.317. The molecule has 3 aromatic rings. The lowest BCUT2D eigenvalue weighted by atomic mass is 10.2. The van der Waals surface area contributed by atoms with Gasteiger partial charge in [0.15, 0.2) is 0 Å². The average Bonchev–Trinajstić information content (AvgIpc) is 2.72. The Kier molecular flexibility index (Phi) is 8.97. The molecule has 0 saturated heterocycles. The van der Waals surface area contributed by atoms with Gasteiger partial charge in [0.2, 0.25) is 0 Å². The van der Waals surface area contributed by atoms with Crippen molar-refractivity contribution in [3.8, 4) is 0 Å². The van der Waals surface area contributed by atoms with E-state index < -0.39 is 0 Å². The fraction of sp³-hybridized carbons (Fsp3) is 0.190. The summed E-state index contributed by atoms with van der Waals surface area (Å²) in [6.45, 7) is 0.670. The molecule has 0 fully saturated rings. The predicted octanol–water partition coefficient (Wildman–Crippen LogP) is 7.11. The molecule has 0 saturated carbocycles. The highest BCUT2D eigenvalue weighted by molar-refractivity contribution is 8.76. The second-order valence-electron chi connectivity index (χ2n) is 5.75. The molecular weight excluding hydrogens is 411 g/mol. The van der Waals surface area contributed by atoms with E-state index in [9.17, 15) is 0 Å². The standard InChI is InChI=1S/C21H21NOS4/c1-23-14-17-9-11-20(12-10-17)26-24-15-18-5-7-19(8-6-18)16-25-27-21-4-2-3-13-22-21/h2-13H,14-16H2,1H3. The summed E-state index contributed by atoms with van der Waals surface area (Å²) >= 11 is 0. The summed E-state index contributed by atoms with van der Waals surface area (Å²) in [6, 6.07) is 23.5. The first-order valence-electron chi connectivity index (χ1n) is 8.49. The van der Waals surface area contributed by atoms with Crippen molar-refractivity contribution < 1.29 is 4.74 Å². The number of rotatable bonds is 10. The van der Waals surface area contributed by atoms with Crippen LogP contribution < -0.4 is 0 Å². The SMILES string of the molecule is COCc1ccc(SSCc2ccc(CSSc3ccccn3)cc2)cc1. The number of methoxy groups -OCH3 is 1. The highest BCUT2D eigenvalue weighted by Gasteiger charge is 2.01. The molecule has 6 heteroatoms. The van der Waals surface area contributed by atoms with Crippen LogP contribution >= 0.6 is 43.2 Å². The van der Waals surface area contributed by atoms with Gasteiger partial charge < -0.3 is 4.74 Å². The van der Waals surface area contributed by atoms with Crippen molar-refractivity contribution in [1.82, 2.24) is 4.98 Å². The van der Waals surface area contributed by atoms with Crippen LogP contribution in [-0.4, -0.2) is 12.1 Å². The first-order valence-corrected chi connectivity index (χ1v) is 13.1. The third-order valence-electron chi connectivity index (χ3n) is 3.65. The highest BCUT2D eigenvalue weighted by Crippen LogP contribution is 2.35. The zero-order valence-electron chi connectivity index (χ0n) is 15.0. The first-order chi connectivity index (χ1) is 13.3. The molecule has 3 rings (SSSR count). The van der Waals surface area contributed by atoms with Crippen molar-refractivity contribution in [2.75, 3.05) is 7.11 Å². The summed E-state index contributed by atoms with van der Waals surface area (Å²) in [5.74, 6) is 1.98. The van der Waals surface area contributed by atoms with Gasteiger partial charge >= 0.3 is 0 Å². The lowest BCUT2D eigenvalue weighted by Crippen LogP contribution is -1.86. The molecule has 0 atom stereocenters. The summed E-state index contributed by atoms with van der Waals surface area (Å²) in [6.07, 6.45) is 1.83. The van der Waals surface area contributed by atoms with Crippen molar-refractivity contribution in [3.63, 3.8) is 0 Å². The molecule has 0 radical (unpaired) electrons. The number of ether oxygens (including phenoxy) is 1. The molecule has 0 N–H and O–H groups in total. The van der Waals surface area contributed by atoms with Crippen LogP contribution in [0.4, 0.5) is 0 Å². The van der Waals surface area contributed by atoms with Gasteiger partial charge in [0, 0.05) is 29.7 Å². The van der Waals surface area contributed by atoms with Crippen LogP contribution in [0.15, 0.2) is 82.8 Å². The van der Waals surface area contributed by atoms with Crippen molar-refractivity contribution in [2.45, 2.75) is 28.0 Å². The summed E-state index contributed by atoms with van der Waals surface area (Å²) < 4.78 is 5.15. The van der Waals surface area contributed by atoms with Gasteiger partial charge in [-0.05, 0) is 51.7 Å². The third kappa shape index (κ3) is 7.47. The monoisotopic (exact) mass is 431 g/mol. The number of aromatic nitrogens is 1. The van der Waals surface area contributed by atoms with E-state index in [0.717, 1.165) is 16.5 Å².